The highest BCUT2D eigenvalue weighted by molar-refractivity contribution is 7.86. The monoisotopic (exact) mass is 296 g/mol. The minimum Gasteiger partial charge on any atom is -0.380 e. The van der Waals surface area contributed by atoms with Gasteiger partial charge in [0.25, 0.3) is 10.1 Å². The lowest BCUT2D eigenvalue weighted by atomic mass is 9.72. The van der Waals surface area contributed by atoms with Crippen LogP contribution < -0.4 is 0 Å². The fourth-order valence-corrected chi connectivity index (χ4v) is 4.05. The summed E-state index contributed by atoms with van der Waals surface area (Å²) in [4.78, 5) is 0.246. The first-order valence-electron chi connectivity index (χ1n) is 7.07. The van der Waals surface area contributed by atoms with Gasteiger partial charge in [-0.15, -0.1) is 0 Å². The molecule has 1 aromatic rings. The molecule has 1 heterocycles. The van der Waals surface area contributed by atoms with Crippen molar-refractivity contribution in [2.45, 2.75) is 43.6 Å². The second kappa shape index (κ2) is 5.13. The van der Waals surface area contributed by atoms with Gasteiger partial charge in [-0.25, -0.2) is 0 Å². The average Bonchev–Trinajstić information content (AvgIpc) is 2.38. The zero-order valence-electron chi connectivity index (χ0n) is 11.7. The Hall–Kier alpha value is -0.910. The molecule has 0 unspecified atom stereocenters. The summed E-state index contributed by atoms with van der Waals surface area (Å²) in [6, 6.07) is 6.79. The van der Waals surface area contributed by atoms with E-state index in [0.29, 0.717) is 5.41 Å². The second-order valence-electron chi connectivity index (χ2n) is 6.06. The summed E-state index contributed by atoms with van der Waals surface area (Å²) in [7, 11) is -3.63. The molecule has 4 nitrogen and oxygen atoms in total. The van der Waals surface area contributed by atoms with Crippen LogP contribution in [0.5, 0.6) is 0 Å². The van der Waals surface area contributed by atoms with E-state index in [-0.39, 0.29) is 11.0 Å². The topological polar surface area (TPSA) is 52.6 Å². The molecule has 1 aliphatic heterocycles. The van der Waals surface area contributed by atoms with Crippen LogP contribution in [0.15, 0.2) is 29.2 Å². The molecule has 1 saturated carbocycles. The summed E-state index contributed by atoms with van der Waals surface area (Å²) >= 11 is 0. The number of hydrogen-bond donors (Lipinski definition) is 0. The molecule has 0 radical (unpaired) electrons. The second-order valence-corrected chi connectivity index (χ2v) is 7.63. The quantitative estimate of drug-likeness (QED) is 0.805. The summed E-state index contributed by atoms with van der Waals surface area (Å²) in [5, 5.41) is 0. The van der Waals surface area contributed by atoms with Crippen LogP contribution in [0.4, 0.5) is 0 Å². The maximum absolute atomic E-state index is 12.2. The van der Waals surface area contributed by atoms with E-state index in [1.54, 1.807) is 24.3 Å². The van der Waals surface area contributed by atoms with Gasteiger partial charge in [0.15, 0.2) is 0 Å². The molecule has 0 aromatic heterocycles. The summed E-state index contributed by atoms with van der Waals surface area (Å²) < 4.78 is 35.1. The molecule has 1 spiro atoms. The number of rotatable bonds is 3. The summed E-state index contributed by atoms with van der Waals surface area (Å²) in [6.07, 6.45) is 3.41. The Morgan fingerprint density at radius 1 is 1.15 bits per heavy atom. The number of benzene rings is 1. The highest BCUT2D eigenvalue weighted by atomic mass is 32.2. The van der Waals surface area contributed by atoms with E-state index >= 15 is 0 Å². The van der Waals surface area contributed by atoms with E-state index in [9.17, 15) is 8.42 Å². The van der Waals surface area contributed by atoms with Gasteiger partial charge in [-0.1, -0.05) is 17.7 Å². The molecule has 0 N–H and O–H groups in total. The van der Waals surface area contributed by atoms with Crippen LogP contribution in [0, 0.1) is 12.3 Å². The van der Waals surface area contributed by atoms with Gasteiger partial charge in [0.05, 0.1) is 24.2 Å². The van der Waals surface area contributed by atoms with Crippen molar-refractivity contribution >= 4 is 10.1 Å². The normalized spacial score (nSPS) is 22.6. The summed E-state index contributed by atoms with van der Waals surface area (Å²) in [5.74, 6) is 0. The first-order chi connectivity index (χ1) is 9.49. The maximum atomic E-state index is 12.2. The lowest BCUT2D eigenvalue weighted by Crippen LogP contribution is -2.46. The Labute approximate surface area is 120 Å². The molecule has 0 bridgehead atoms. The van der Waals surface area contributed by atoms with Crippen LogP contribution in [0.2, 0.25) is 0 Å². The van der Waals surface area contributed by atoms with Crippen molar-refractivity contribution in [2.75, 3.05) is 13.2 Å². The molecular weight excluding hydrogens is 276 g/mol. The van der Waals surface area contributed by atoms with Crippen molar-refractivity contribution in [3.8, 4) is 0 Å². The van der Waals surface area contributed by atoms with Crippen LogP contribution in [0.3, 0.4) is 0 Å². The van der Waals surface area contributed by atoms with Crippen molar-refractivity contribution in [1.82, 2.24) is 0 Å². The first kappa shape index (κ1) is 14.0. The highest BCUT2D eigenvalue weighted by Gasteiger charge is 2.42. The predicted molar refractivity (Wildman–Crippen MR) is 75.0 cm³/mol. The van der Waals surface area contributed by atoms with Gasteiger partial charge in [-0.05, 0) is 44.7 Å². The van der Waals surface area contributed by atoms with Crippen LogP contribution in [-0.2, 0) is 19.0 Å². The standard InChI is InChI=1S/C15H20O4S/c1-12-2-4-14(5-3-12)20(16,17)19-13-6-8-15(9-7-13)10-18-11-15/h2-5,13H,6-11H2,1H3. The molecule has 1 aliphatic carbocycles. The van der Waals surface area contributed by atoms with Gasteiger partial charge in [0.1, 0.15) is 0 Å². The van der Waals surface area contributed by atoms with Gasteiger partial charge in [-0.2, -0.15) is 8.42 Å². The molecule has 2 aliphatic rings. The molecule has 20 heavy (non-hydrogen) atoms. The van der Waals surface area contributed by atoms with Crippen LogP contribution in [0.1, 0.15) is 31.2 Å². The van der Waals surface area contributed by atoms with Crippen molar-refractivity contribution in [1.29, 1.82) is 0 Å². The smallest absolute Gasteiger partial charge is 0.297 e. The SMILES string of the molecule is Cc1ccc(S(=O)(=O)OC2CCC3(CC2)COC3)cc1. The number of aryl methyl sites for hydroxylation is 1. The molecule has 1 aromatic carbocycles. The van der Waals surface area contributed by atoms with E-state index in [4.69, 9.17) is 8.92 Å². The number of ether oxygens (including phenoxy) is 1. The van der Waals surface area contributed by atoms with E-state index < -0.39 is 10.1 Å². The van der Waals surface area contributed by atoms with E-state index in [0.717, 1.165) is 44.5 Å². The summed E-state index contributed by atoms with van der Waals surface area (Å²) in [6.45, 7) is 3.58. The average molecular weight is 296 g/mol. The minimum atomic E-state index is -3.63. The molecule has 2 fully saturated rings. The van der Waals surface area contributed by atoms with Crippen LogP contribution in [-0.4, -0.2) is 27.7 Å². The Morgan fingerprint density at radius 3 is 2.25 bits per heavy atom. The lowest BCUT2D eigenvalue weighted by molar-refractivity contribution is -0.140. The third-order valence-electron chi connectivity index (χ3n) is 4.38. The molecule has 0 atom stereocenters. The molecule has 1 saturated heterocycles. The Balaban J connectivity index is 1.63. The fourth-order valence-electron chi connectivity index (χ4n) is 2.92. The molecule has 3 rings (SSSR count). The first-order valence-corrected chi connectivity index (χ1v) is 8.48. The minimum absolute atomic E-state index is 0.187. The van der Waals surface area contributed by atoms with Crippen LogP contribution in [0.25, 0.3) is 0 Å². The van der Waals surface area contributed by atoms with Gasteiger partial charge in [0.2, 0.25) is 0 Å². The van der Waals surface area contributed by atoms with Gasteiger partial charge < -0.3 is 4.74 Å². The summed E-state index contributed by atoms with van der Waals surface area (Å²) in [5.41, 5.74) is 1.35. The van der Waals surface area contributed by atoms with E-state index in [1.807, 2.05) is 6.92 Å². The Kier molecular flexibility index (Phi) is 3.60. The molecule has 110 valence electrons. The third kappa shape index (κ3) is 2.75. The highest BCUT2D eigenvalue weighted by Crippen LogP contribution is 2.43. The Bertz CT molecular complexity index is 562. The van der Waals surface area contributed by atoms with Gasteiger partial charge in [0, 0.05) is 5.41 Å². The molecule has 0 amide bonds. The molecular formula is C15H20O4S. The van der Waals surface area contributed by atoms with Crippen molar-refractivity contribution in [3.05, 3.63) is 29.8 Å². The van der Waals surface area contributed by atoms with Crippen LogP contribution >= 0.6 is 0 Å². The number of hydrogen-bond acceptors (Lipinski definition) is 4. The maximum Gasteiger partial charge on any atom is 0.297 e. The molecule has 5 heteroatoms. The predicted octanol–water partition coefficient (Wildman–Crippen LogP) is 2.66. The Morgan fingerprint density at radius 2 is 1.75 bits per heavy atom. The van der Waals surface area contributed by atoms with E-state index in [2.05, 4.69) is 0 Å². The zero-order chi connectivity index (χ0) is 14.2. The lowest BCUT2D eigenvalue weighted by Gasteiger charge is -2.45. The van der Waals surface area contributed by atoms with Crippen molar-refractivity contribution in [2.24, 2.45) is 5.41 Å². The van der Waals surface area contributed by atoms with Gasteiger partial charge >= 0.3 is 0 Å². The largest absolute Gasteiger partial charge is 0.380 e. The van der Waals surface area contributed by atoms with Crippen molar-refractivity contribution < 1.29 is 17.3 Å². The zero-order valence-corrected chi connectivity index (χ0v) is 12.5. The fraction of sp³-hybridized carbons (Fsp3) is 0.600. The van der Waals surface area contributed by atoms with E-state index in [1.165, 1.54) is 0 Å². The third-order valence-corrected chi connectivity index (χ3v) is 5.76. The van der Waals surface area contributed by atoms with Gasteiger partial charge in [-0.3, -0.25) is 4.18 Å². The van der Waals surface area contributed by atoms with Crippen molar-refractivity contribution in [3.63, 3.8) is 0 Å².